The fourth-order valence-electron chi connectivity index (χ4n) is 1.03. The second kappa shape index (κ2) is 3.82. The highest BCUT2D eigenvalue weighted by Gasteiger charge is 2.31. The summed E-state index contributed by atoms with van der Waals surface area (Å²) in [5.74, 6) is -0.902. The standard InChI is InChI=1S/C10H7F4/c1-2-3-7-4-8(10(12,13)14)6-9(11)5-7/h3-6H,1H3. The Morgan fingerprint density at radius 3 is 2.36 bits per heavy atom. The van der Waals surface area contributed by atoms with Gasteiger partial charge in [0.25, 0.3) is 0 Å². The first-order chi connectivity index (χ1) is 6.43. The van der Waals surface area contributed by atoms with Crippen molar-refractivity contribution in [3.63, 3.8) is 0 Å². The van der Waals surface area contributed by atoms with Crippen molar-refractivity contribution in [3.8, 4) is 0 Å². The predicted octanol–water partition coefficient (Wildman–Crippen LogP) is 3.68. The number of halogens is 4. The largest absolute Gasteiger partial charge is 0.416 e. The molecule has 0 aromatic heterocycles. The van der Waals surface area contributed by atoms with Gasteiger partial charge in [-0.25, -0.2) is 4.39 Å². The Labute approximate surface area is 78.9 Å². The summed E-state index contributed by atoms with van der Waals surface area (Å²) in [7, 11) is 0. The Hall–Kier alpha value is -1.32. The summed E-state index contributed by atoms with van der Waals surface area (Å²) in [5, 5.41) is 0. The summed E-state index contributed by atoms with van der Waals surface area (Å²) in [6.07, 6.45) is -0.695. The molecule has 1 radical (unpaired) electrons. The third-order valence-corrected chi connectivity index (χ3v) is 1.56. The van der Waals surface area contributed by atoms with E-state index in [0.29, 0.717) is 6.07 Å². The highest BCUT2D eigenvalue weighted by atomic mass is 19.4. The molecular formula is C10H7F4. The molecule has 14 heavy (non-hydrogen) atoms. The zero-order chi connectivity index (χ0) is 10.8. The molecule has 0 bridgehead atoms. The van der Waals surface area contributed by atoms with Crippen LogP contribution < -0.4 is 0 Å². The summed E-state index contributed by atoms with van der Waals surface area (Å²) >= 11 is 0. The van der Waals surface area contributed by atoms with E-state index in [0.717, 1.165) is 12.1 Å². The van der Waals surface area contributed by atoms with Gasteiger partial charge in [-0.1, -0.05) is 6.08 Å². The Morgan fingerprint density at radius 2 is 1.86 bits per heavy atom. The molecule has 0 spiro atoms. The van der Waals surface area contributed by atoms with Gasteiger partial charge in [0.05, 0.1) is 5.56 Å². The summed E-state index contributed by atoms with van der Waals surface area (Å²) in [4.78, 5) is 0. The molecule has 0 aliphatic rings. The van der Waals surface area contributed by atoms with Crippen molar-refractivity contribution in [1.82, 2.24) is 0 Å². The molecule has 0 saturated carbocycles. The molecule has 0 nitrogen and oxygen atoms in total. The van der Waals surface area contributed by atoms with Crippen molar-refractivity contribution in [3.05, 3.63) is 41.2 Å². The normalized spacial score (nSPS) is 12.4. The van der Waals surface area contributed by atoms with Crippen LogP contribution in [0.5, 0.6) is 0 Å². The number of rotatable bonds is 1. The van der Waals surface area contributed by atoms with Gasteiger partial charge in [-0.15, -0.1) is 0 Å². The van der Waals surface area contributed by atoms with Gasteiger partial charge < -0.3 is 0 Å². The molecule has 0 aliphatic heterocycles. The second-order valence-electron chi connectivity index (χ2n) is 2.70. The smallest absolute Gasteiger partial charge is 0.207 e. The molecule has 1 aromatic rings. The zero-order valence-corrected chi connectivity index (χ0v) is 7.32. The molecule has 0 aliphatic carbocycles. The fourth-order valence-corrected chi connectivity index (χ4v) is 1.03. The lowest BCUT2D eigenvalue weighted by molar-refractivity contribution is -0.137. The quantitative estimate of drug-likeness (QED) is 0.610. The van der Waals surface area contributed by atoms with Crippen molar-refractivity contribution < 1.29 is 17.6 Å². The van der Waals surface area contributed by atoms with Gasteiger partial charge in [-0.2, -0.15) is 13.2 Å². The van der Waals surface area contributed by atoms with E-state index in [1.807, 2.05) is 0 Å². The molecule has 0 fully saturated rings. The molecule has 75 valence electrons. The van der Waals surface area contributed by atoms with Crippen LogP contribution in [-0.4, -0.2) is 0 Å². The molecule has 1 aromatic carbocycles. The fraction of sp³-hybridized carbons (Fsp3) is 0.200. The highest BCUT2D eigenvalue weighted by Crippen LogP contribution is 2.30. The van der Waals surface area contributed by atoms with Crippen molar-refractivity contribution in [1.29, 1.82) is 0 Å². The zero-order valence-electron chi connectivity index (χ0n) is 7.32. The average molecular weight is 203 g/mol. The Kier molecular flexibility index (Phi) is 2.93. The topological polar surface area (TPSA) is 0 Å². The van der Waals surface area contributed by atoms with Gasteiger partial charge in [-0.05, 0) is 36.8 Å². The maximum Gasteiger partial charge on any atom is 0.416 e. The number of alkyl halides is 3. The predicted molar refractivity (Wildman–Crippen MR) is 44.8 cm³/mol. The van der Waals surface area contributed by atoms with Crippen molar-refractivity contribution in [2.24, 2.45) is 0 Å². The minimum Gasteiger partial charge on any atom is -0.207 e. The molecular weight excluding hydrogens is 196 g/mol. The molecule has 4 heteroatoms. The molecule has 0 heterocycles. The molecule has 0 saturated heterocycles. The first-order valence-corrected chi connectivity index (χ1v) is 3.82. The molecule has 0 atom stereocenters. The average Bonchev–Trinajstić information content (AvgIpc) is 2.02. The summed E-state index contributed by atoms with van der Waals surface area (Å²) in [5.41, 5.74) is -0.834. The molecule has 0 amide bonds. The van der Waals surface area contributed by atoms with E-state index >= 15 is 0 Å². The third-order valence-electron chi connectivity index (χ3n) is 1.56. The van der Waals surface area contributed by atoms with Crippen LogP contribution in [0.4, 0.5) is 17.6 Å². The van der Waals surface area contributed by atoms with Crippen molar-refractivity contribution in [2.45, 2.75) is 13.1 Å². The number of benzene rings is 1. The lowest BCUT2D eigenvalue weighted by atomic mass is 10.1. The van der Waals surface area contributed by atoms with E-state index in [-0.39, 0.29) is 5.56 Å². The van der Waals surface area contributed by atoms with Gasteiger partial charge in [0, 0.05) is 0 Å². The monoisotopic (exact) mass is 203 g/mol. The lowest BCUT2D eigenvalue weighted by Crippen LogP contribution is -2.05. The van der Waals surface area contributed by atoms with Crippen LogP contribution in [0.1, 0.15) is 18.1 Å². The number of hydrogen-bond acceptors (Lipinski definition) is 0. The van der Waals surface area contributed by atoms with Gasteiger partial charge in [-0.3, -0.25) is 0 Å². The van der Waals surface area contributed by atoms with Crippen LogP contribution in [0.25, 0.3) is 6.08 Å². The molecule has 0 unspecified atom stereocenters. The summed E-state index contributed by atoms with van der Waals surface area (Å²) < 4.78 is 49.3. The van der Waals surface area contributed by atoms with Crippen LogP contribution in [0.2, 0.25) is 0 Å². The van der Waals surface area contributed by atoms with E-state index < -0.39 is 17.6 Å². The second-order valence-corrected chi connectivity index (χ2v) is 2.70. The SMILES string of the molecule is C[C]=Cc1cc(F)cc(C(F)(F)F)c1. The maximum absolute atomic E-state index is 12.7. The van der Waals surface area contributed by atoms with E-state index in [9.17, 15) is 17.6 Å². The first-order valence-electron chi connectivity index (χ1n) is 3.82. The van der Waals surface area contributed by atoms with Gasteiger partial charge in [0.1, 0.15) is 5.82 Å². The minimum absolute atomic E-state index is 0.153. The first kappa shape index (κ1) is 10.8. The molecule has 1 rings (SSSR count). The lowest BCUT2D eigenvalue weighted by Gasteiger charge is -2.07. The van der Waals surface area contributed by atoms with Crippen LogP contribution >= 0.6 is 0 Å². The van der Waals surface area contributed by atoms with Crippen molar-refractivity contribution >= 4 is 6.08 Å². The number of allylic oxidation sites excluding steroid dienone is 1. The summed E-state index contributed by atoms with van der Waals surface area (Å²) in [6.45, 7) is 1.53. The van der Waals surface area contributed by atoms with Gasteiger partial charge in [0.15, 0.2) is 0 Å². The highest BCUT2D eigenvalue weighted by molar-refractivity contribution is 5.49. The van der Waals surface area contributed by atoms with Crippen LogP contribution in [0.3, 0.4) is 0 Å². The van der Waals surface area contributed by atoms with E-state index in [4.69, 9.17) is 0 Å². The molecule has 0 N–H and O–H groups in total. The van der Waals surface area contributed by atoms with Crippen LogP contribution in [-0.2, 0) is 6.18 Å². The third kappa shape index (κ3) is 2.58. The van der Waals surface area contributed by atoms with Gasteiger partial charge in [0.2, 0.25) is 0 Å². The Balaban J connectivity index is 3.20. The van der Waals surface area contributed by atoms with Gasteiger partial charge >= 0.3 is 6.18 Å². The van der Waals surface area contributed by atoms with Crippen LogP contribution in [0, 0.1) is 11.9 Å². The maximum atomic E-state index is 12.7. The van der Waals surface area contributed by atoms with E-state index in [1.54, 1.807) is 0 Å². The Bertz CT molecular complexity index is 350. The summed E-state index contributed by atoms with van der Waals surface area (Å²) in [6, 6.07) is 2.36. The van der Waals surface area contributed by atoms with Crippen LogP contribution in [0.15, 0.2) is 18.2 Å². The van der Waals surface area contributed by atoms with E-state index in [2.05, 4.69) is 6.08 Å². The number of hydrogen-bond donors (Lipinski definition) is 0. The Morgan fingerprint density at radius 1 is 1.21 bits per heavy atom. The van der Waals surface area contributed by atoms with E-state index in [1.165, 1.54) is 13.0 Å². The van der Waals surface area contributed by atoms with Crippen molar-refractivity contribution in [2.75, 3.05) is 0 Å². The minimum atomic E-state index is -4.52.